The van der Waals surface area contributed by atoms with Crippen LogP contribution in [0.15, 0.2) is 30.3 Å². The van der Waals surface area contributed by atoms with Crippen LogP contribution in [-0.4, -0.2) is 17.3 Å². The lowest BCUT2D eigenvalue weighted by atomic mass is 10.1. The third-order valence-corrected chi connectivity index (χ3v) is 2.42. The van der Waals surface area contributed by atoms with Gasteiger partial charge >= 0.3 is 6.18 Å². The summed E-state index contributed by atoms with van der Waals surface area (Å²) in [5, 5.41) is 6.70. The first-order chi connectivity index (χ1) is 8.91. The van der Waals surface area contributed by atoms with E-state index in [-0.39, 0.29) is 17.0 Å². The van der Waals surface area contributed by atoms with E-state index in [9.17, 15) is 17.6 Å². The maximum absolute atomic E-state index is 13.1. The van der Waals surface area contributed by atoms with Crippen molar-refractivity contribution in [1.82, 2.24) is 10.2 Å². The Kier molecular flexibility index (Phi) is 3.37. The number of methoxy groups -OCH3 is 1. The van der Waals surface area contributed by atoms with Crippen LogP contribution in [0.3, 0.4) is 0 Å². The van der Waals surface area contributed by atoms with Gasteiger partial charge in [0.15, 0.2) is 5.75 Å². The molecule has 0 saturated carbocycles. The maximum atomic E-state index is 13.1. The molecule has 0 unspecified atom stereocenters. The lowest BCUT2D eigenvalue weighted by Crippen LogP contribution is -2.05. The molecule has 1 aromatic heterocycles. The van der Waals surface area contributed by atoms with Crippen LogP contribution in [0, 0.1) is 5.95 Å². The van der Waals surface area contributed by atoms with E-state index in [0.29, 0.717) is 0 Å². The molecule has 0 spiro atoms. The van der Waals surface area contributed by atoms with E-state index >= 15 is 0 Å². The van der Waals surface area contributed by atoms with Gasteiger partial charge in [0.25, 0.3) is 5.95 Å². The molecule has 1 heterocycles. The number of benzene rings is 1. The summed E-state index contributed by atoms with van der Waals surface area (Å²) in [6.07, 6.45) is -4.45. The first kappa shape index (κ1) is 13.3. The molecule has 1 aromatic carbocycles. The molecule has 0 N–H and O–H groups in total. The minimum atomic E-state index is -4.45. The predicted octanol–water partition coefficient (Wildman–Crippen LogP) is 3.31. The number of nitrogens with zero attached hydrogens (tertiary/aromatic N) is 2. The van der Waals surface area contributed by atoms with Crippen molar-refractivity contribution in [2.45, 2.75) is 6.18 Å². The Hall–Kier alpha value is -2.18. The van der Waals surface area contributed by atoms with Crippen molar-refractivity contribution in [3.05, 3.63) is 41.8 Å². The zero-order valence-corrected chi connectivity index (χ0v) is 9.70. The minimum absolute atomic E-state index is 0.101. The average Bonchev–Trinajstić information content (AvgIpc) is 2.38. The van der Waals surface area contributed by atoms with Gasteiger partial charge in [-0.3, -0.25) is 0 Å². The van der Waals surface area contributed by atoms with Gasteiger partial charge in [0.2, 0.25) is 0 Å². The first-order valence-electron chi connectivity index (χ1n) is 5.16. The Morgan fingerprint density at radius 2 is 1.84 bits per heavy atom. The second kappa shape index (κ2) is 4.83. The molecule has 100 valence electrons. The summed E-state index contributed by atoms with van der Waals surface area (Å²) < 4.78 is 55.5. The van der Waals surface area contributed by atoms with Crippen LogP contribution in [0.5, 0.6) is 5.75 Å². The SMILES string of the molecule is COc1cc(-c2cccc(C(F)(F)F)c2)nnc1F. The van der Waals surface area contributed by atoms with Gasteiger partial charge in [0.05, 0.1) is 18.4 Å². The van der Waals surface area contributed by atoms with Crippen LogP contribution < -0.4 is 4.74 Å². The molecular weight excluding hydrogens is 264 g/mol. The quantitative estimate of drug-likeness (QED) is 0.787. The first-order valence-corrected chi connectivity index (χ1v) is 5.16. The zero-order valence-electron chi connectivity index (χ0n) is 9.70. The molecule has 19 heavy (non-hydrogen) atoms. The normalized spacial score (nSPS) is 11.4. The van der Waals surface area contributed by atoms with Gasteiger partial charge in [0.1, 0.15) is 0 Å². The summed E-state index contributed by atoms with van der Waals surface area (Å²) >= 11 is 0. The molecule has 0 bridgehead atoms. The second-order valence-electron chi connectivity index (χ2n) is 3.67. The smallest absolute Gasteiger partial charge is 0.416 e. The van der Waals surface area contributed by atoms with Crippen molar-refractivity contribution in [2.24, 2.45) is 0 Å². The third kappa shape index (κ3) is 2.81. The summed E-state index contributed by atoms with van der Waals surface area (Å²) in [5.74, 6) is -1.10. The van der Waals surface area contributed by atoms with E-state index in [2.05, 4.69) is 10.2 Å². The lowest BCUT2D eigenvalue weighted by Gasteiger charge is -2.08. The largest absolute Gasteiger partial charge is 0.492 e. The molecule has 7 heteroatoms. The highest BCUT2D eigenvalue weighted by atomic mass is 19.4. The Balaban J connectivity index is 2.47. The zero-order chi connectivity index (χ0) is 14.0. The van der Waals surface area contributed by atoms with Crippen LogP contribution >= 0.6 is 0 Å². The summed E-state index contributed by atoms with van der Waals surface area (Å²) in [6.45, 7) is 0. The molecule has 0 saturated heterocycles. The second-order valence-corrected chi connectivity index (χ2v) is 3.67. The minimum Gasteiger partial charge on any atom is -0.492 e. The Bertz CT molecular complexity index is 599. The van der Waals surface area contributed by atoms with Crippen LogP contribution in [0.1, 0.15) is 5.56 Å². The number of ether oxygens (including phenoxy) is 1. The van der Waals surface area contributed by atoms with Crippen LogP contribution in [0.2, 0.25) is 0 Å². The van der Waals surface area contributed by atoms with Crippen molar-refractivity contribution >= 4 is 0 Å². The Labute approximate surface area is 105 Å². The van der Waals surface area contributed by atoms with E-state index in [1.807, 2.05) is 0 Å². The highest BCUT2D eigenvalue weighted by Gasteiger charge is 2.30. The molecule has 0 amide bonds. The maximum Gasteiger partial charge on any atom is 0.416 e. The van der Waals surface area contributed by atoms with Gasteiger partial charge in [-0.2, -0.15) is 17.6 Å². The standard InChI is InChI=1S/C12H8F4N2O/c1-19-10-6-9(17-18-11(10)13)7-3-2-4-8(5-7)12(14,15)16/h2-6H,1H3. The molecule has 2 aromatic rings. The molecule has 0 aliphatic heterocycles. The van der Waals surface area contributed by atoms with Gasteiger partial charge in [-0.15, -0.1) is 10.2 Å². The molecule has 0 radical (unpaired) electrons. The van der Waals surface area contributed by atoms with Crippen molar-refractivity contribution in [3.8, 4) is 17.0 Å². The fraction of sp³-hybridized carbons (Fsp3) is 0.167. The summed E-state index contributed by atoms with van der Waals surface area (Å²) in [4.78, 5) is 0. The highest BCUT2D eigenvalue weighted by Crippen LogP contribution is 2.32. The van der Waals surface area contributed by atoms with Crippen molar-refractivity contribution in [2.75, 3.05) is 7.11 Å². The summed E-state index contributed by atoms with van der Waals surface area (Å²) in [6, 6.07) is 5.73. The average molecular weight is 272 g/mol. The molecular formula is C12H8F4N2O. The number of hydrogen-bond acceptors (Lipinski definition) is 3. The third-order valence-electron chi connectivity index (χ3n) is 2.42. The summed E-state index contributed by atoms with van der Waals surface area (Å²) in [5.41, 5.74) is -0.528. The van der Waals surface area contributed by atoms with E-state index in [1.54, 1.807) is 0 Å². The van der Waals surface area contributed by atoms with Gasteiger partial charge in [-0.05, 0) is 12.1 Å². The predicted molar refractivity (Wildman–Crippen MR) is 59.0 cm³/mol. The van der Waals surface area contributed by atoms with E-state index < -0.39 is 17.7 Å². The van der Waals surface area contributed by atoms with Crippen molar-refractivity contribution in [1.29, 1.82) is 0 Å². The Morgan fingerprint density at radius 3 is 2.47 bits per heavy atom. The van der Waals surface area contributed by atoms with Gasteiger partial charge in [0, 0.05) is 11.6 Å². The van der Waals surface area contributed by atoms with E-state index in [1.165, 1.54) is 25.3 Å². The molecule has 3 nitrogen and oxygen atoms in total. The number of hydrogen-bond donors (Lipinski definition) is 0. The summed E-state index contributed by atoms with van der Waals surface area (Å²) in [7, 11) is 1.23. The van der Waals surface area contributed by atoms with Crippen LogP contribution in [-0.2, 0) is 6.18 Å². The molecule has 2 rings (SSSR count). The van der Waals surface area contributed by atoms with Gasteiger partial charge in [-0.25, -0.2) is 0 Å². The highest BCUT2D eigenvalue weighted by molar-refractivity contribution is 5.61. The lowest BCUT2D eigenvalue weighted by molar-refractivity contribution is -0.137. The van der Waals surface area contributed by atoms with Crippen LogP contribution in [0.4, 0.5) is 17.6 Å². The molecule has 0 fully saturated rings. The van der Waals surface area contributed by atoms with E-state index in [0.717, 1.165) is 12.1 Å². The van der Waals surface area contributed by atoms with Crippen molar-refractivity contribution < 1.29 is 22.3 Å². The van der Waals surface area contributed by atoms with Gasteiger partial charge in [-0.1, -0.05) is 12.1 Å². The monoisotopic (exact) mass is 272 g/mol. The topological polar surface area (TPSA) is 35.0 Å². The van der Waals surface area contributed by atoms with Crippen molar-refractivity contribution in [3.63, 3.8) is 0 Å². The Morgan fingerprint density at radius 1 is 1.11 bits per heavy atom. The number of alkyl halides is 3. The van der Waals surface area contributed by atoms with Gasteiger partial charge < -0.3 is 4.74 Å². The fourth-order valence-corrected chi connectivity index (χ4v) is 1.50. The van der Waals surface area contributed by atoms with Crippen LogP contribution in [0.25, 0.3) is 11.3 Å². The fourth-order valence-electron chi connectivity index (χ4n) is 1.50. The molecule has 0 aliphatic carbocycles. The number of halogens is 4. The molecule has 0 atom stereocenters. The molecule has 0 aliphatic rings. The van der Waals surface area contributed by atoms with E-state index in [4.69, 9.17) is 4.74 Å². The number of aromatic nitrogens is 2. The number of rotatable bonds is 2.